The van der Waals surface area contributed by atoms with Gasteiger partial charge in [0, 0.05) is 19.2 Å². The van der Waals surface area contributed by atoms with Crippen LogP contribution in [0.3, 0.4) is 0 Å². The molecule has 1 aliphatic rings. The molecule has 1 aromatic rings. The predicted octanol–water partition coefficient (Wildman–Crippen LogP) is 1.32. The second kappa shape index (κ2) is 6.02. The molecule has 94 valence electrons. The Labute approximate surface area is 106 Å². The van der Waals surface area contributed by atoms with E-state index in [0.29, 0.717) is 25.0 Å². The summed E-state index contributed by atoms with van der Waals surface area (Å²) < 4.78 is 10.9. The van der Waals surface area contributed by atoms with Crippen molar-refractivity contribution >= 4 is 17.4 Å². The first-order chi connectivity index (χ1) is 8.33. The van der Waals surface area contributed by atoms with Gasteiger partial charge in [-0.05, 0) is 6.92 Å². The first kappa shape index (κ1) is 12.4. The Morgan fingerprint density at radius 3 is 3.24 bits per heavy atom. The van der Waals surface area contributed by atoms with Gasteiger partial charge in [-0.25, -0.2) is 9.97 Å². The lowest BCUT2D eigenvalue weighted by Gasteiger charge is -2.32. The lowest BCUT2D eigenvalue weighted by atomic mass is 10.3. The first-order valence-electron chi connectivity index (χ1n) is 5.71. The molecular formula is C11H16ClN3O2. The van der Waals surface area contributed by atoms with E-state index in [1.54, 1.807) is 0 Å². The van der Waals surface area contributed by atoms with Crippen LogP contribution in [0.15, 0.2) is 12.4 Å². The monoisotopic (exact) mass is 257 g/mol. The summed E-state index contributed by atoms with van der Waals surface area (Å²) in [7, 11) is 0. The number of alkyl halides is 1. The number of aromatic nitrogens is 2. The molecule has 0 amide bonds. The van der Waals surface area contributed by atoms with Crippen molar-refractivity contribution in [1.29, 1.82) is 0 Å². The van der Waals surface area contributed by atoms with Crippen LogP contribution < -0.4 is 9.64 Å². The van der Waals surface area contributed by atoms with Gasteiger partial charge in [0.2, 0.25) is 5.88 Å². The number of halogens is 1. The fourth-order valence-electron chi connectivity index (χ4n) is 1.75. The third-order valence-electron chi connectivity index (χ3n) is 2.55. The predicted molar refractivity (Wildman–Crippen MR) is 65.9 cm³/mol. The van der Waals surface area contributed by atoms with Crippen LogP contribution in [0.1, 0.15) is 6.92 Å². The maximum absolute atomic E-state index is 5.81. The molecule has 6 heteroatoms. The maximum atomic E-state index is 5.81. The van der Waals surface area contributed by atoms with Gasteiger partial charge < -0.3 is 14.4 Å². The number of nitrogens with zero attached hydrogens (tertiary/aromatic N) is 3. The van der Waals surface area contributed by atoms with Crippen LogP contribution in [0.2, 0.25) is 0 Å². The molecule has 2 rings (SSSR count). The van der Waals surface area contributed by atoms with Gasteiger partial charge in [0.25, 0.3) is 0 Å². The summed E-state index contributed by atoms with van der Waals surface area (Å²) in [6.07, 6.45) is 1.59. The van der Waals surface area contributed by atoms with E-state index < -0.39 is 0 Å². The van der Waals surface area contributed by atoms with Gasteiger partial charge in [0.1, 0.15) is 12.1 Å². The fraction of sp³-hybridized carbons (Fsp3) is 0.636. The van der Waals surface area contributed by atoms with Crippen LogP contribution in [0.4, 0.5) is 5.82 Å². The Morgan fingerprint density at radius 2 is 2.47 bits per heavy atom. The molecule has 0 aromatic carbocycles. The Hall–Kier alpha value is -1.07. The quantitative estimate of drug-likeness (QED) is 0.762. The Morgan fingerprint density at radius 1 is 1.59 bits per heavy atom. The van der Waals surface area contributed by atoms with E-state index >= 15 is 0 Å². The zero-order valence-electron chi connectivity index (χ0n) is 9.80. The molecule has 0 saturated carbocycles. The number of hydrogen-bond donors (Lipinski definition) is 0. The van der Waals surface area contributed by atoms with E-state index in [4.69, 9.17) is 21.1 Å². The number of anilines is 1. The first-order valence-corrected chi connectivity index (χ1v) is 6.24. The van der Waals surface area contributed by atoms with E-state index in [1.807, 2.05) is 13.0 Å². The molecule has 1 aromatic heterocycles. The third-order valence-corrected chi connectivity index (χ3v) is 2.90. The largest absolute Gasteiger partial charge is 0.478 e. The van der Waals surface area contributed by atoms with Gasteiger partial charge in [0.15, 0.2) is 0 Å². The number of rotatable bonds is 4. The summed E-state index contributed by atoms with van der Waals surface area (Å²) in [5.41, 5.74) is 0. The minimum Gasteiger partial charge on any atom is -0.478 e. The van der Waals surface area contributed by atoms with Crippen LogP contribution in [0.25, 0.3) is 0 Å². The van der Waals surface area contributed by atoms with Crippen molar-refractivity contribution in [2.45, 2.75) is 13.0 Å². The van der Waals surface area contributed by atoms with Crippen molar-refractivity contribution < 1.29 is 9.47 Å². The molecule has 1 aliphatic heterocycles. The molecule has 0 N–H and O–H groups in total. The Balaban J connectivity index is 2.07. The summed E-state index contributed by atoms with van der Waals surface area (Å²) >= 11 is 5.81. The van der Waals surface area contributed by atoms with Crippen molar-refractivity contribution in [3.63, 3.8) is 0 Å². The van der Waals surface area contributed by atoms with Crippen molar-refractivity contribution in [3.8, 4) is 5.88 Å². The van der Waals surface area contributed by atoms with Gasteiger partial charge in [0.05, 0.1) is 25.2 Å². The van der Waals surface area contributed by atoms with Crippen LogP contribution >= 0.6 is 11.6 Å². The molecule has 2 heterocycles. The second-order valence-corrected chi connectivity index (χ2v) is 4.05. The van der Waals surface area contributed by atoms with Gasteiger partial charge >= 0.3 is 0 Å². The lowest BCUT2D eigenvalue weighted by Crippen LogP contribution is -2.43. The van der Waals surface area contributed by atoms with E-state index in [1.165, 1.54) is 6.33 Å². The number of hydrogen-bond acceptors (Lipinski definition) is 5. The minimum atomic E-state index is 0.0657. The lowest BCUT2D eigenvalue weighted by molar-refractivity contribution is 0.0551. The highest BCUT2D eigenvalue weighted by molar-refractivity contribution is 6.18. The summed E-state index contributed by atoms with van der Waals surface area (Å²) in [6, 6.07) is 1.85. The summed E-state index contributed by atoms with van der Waals surface area (Å²) in [4.78, 5) is 10.4. The molecule has 0 radical (unpaired) electrons. The minimum absolute atomic E-state index is 0.0657. The van der Waals surface area contributed by atoms with Gasteiger partial charge in [-0.15, -0.1) is 11.6 Å². The summed E-state index contributed by atoms with van der Waals surface area (Å²) in [5, 5.41) is 0. The van der Waals surface area contributed by atoms with E-state index in [9.17, 15) is 0 Å². The smallest absolute Gasteiger partial charge is 0.218 e. The number of ether oxygens (including phenoxy) is 2. The van der Waals surface area contributed by atoms with E-state index in [0.717, 1.165) is 18.9 Å². The molecule has 1 saturated heterocycles. The SMILES string of the molecule is CCOc1cc(N2CCOC(CCl)C2)ncn1. The molecule has 1 unspecified atom stereocenters. The van der Waals surface area contributed by atoms with Crippen LogP contribution in [0, 0.1) is 0 Å². The molecule has 0 spiro atoms. The van der Waals surface area contributed by atoms with Gasteiger partial charge in [-0.3, -0.25) is 0 Å². The zero-order chi connectivity index (χ0) is 12.1. The highest BCUT2D eigenvalue weighted by atomic mass is 35.5. The van der Waals surface area contributed by atoms with Crippen LogP contribution in [-0.2, 0) is 4.74 Å². The number of morpholine rings is 1. The molecule has 0 bridgehead atoms. The van der Waals surface area contributed by atoms with Crippen molar-refractivity contribution in [2.75, 3.05) is 37.1 Å². The third kappa shape index (κ3) is 3.20. The average Bonchev–Trinajstić information content (AvgIpc) is 2.40. The Kier molecular flexibility index (Phi) is 4.39. The normalized spacial score (nSPS) is 20.4. The van der Waals surface area contributed by atoms with Crippen LogP contribution in [0.5, 0.6) is 5.88 Å². The van der Waals surface area contributed by atoms with Crippen molar-refractivity contribution in [1.82, 2.24) is 9.97 Å². The topological polar surface area (TPSA) is 47.5 Å². The maximum Gasteiger partial charge on any atom is 0.218 e. The standard InChI is InChI=1S/C11H16ClN3O2/c1-2-16-11-5-10(13-8-14-11)15-3-4-17-9(6-12)7-15/h5,8-9H,2-4,6-7H2,1H3. The van der Waals surface area contributed by atoms with Gasteiger partial charge in [-0.1, -0.05) is 0 Å². The highest BCUT2D eigenvalue weighted by Crippen LogP contribution is 2.18. The van der Waals surface area contributed by atoms with Crippen LogP contribution in [-0.4, -0.2) is 48.3 Å². The van der Waals surface area contributed by atoms with Gasteiger partial charge in [-0.2, -0.15) is 0 Å². The molecule has 0 aliphatic carbocycles. The molecule has 1 atom stereocenters. The van der Waals surface area contributed by atoms with E-state index in [-0.39, 0.29) is 6.10 Å². The molecule has 5 nitrogen and oxygen atoms in total. The summed E-state index contributed by atoms with van der Waals surface area (Å²) in [6.45, 7) is 4.78. The van der Waals surface area contributed by atoms with E-state index in [2.05, 4.69) is 14.9 Å². The highest BCUT2D eigenvalue weighted by Gasteiger charge is 2.21. The fourth-order valence-corrected chi connectivity index (χ4v) is 1.94. The van der Waals surface area contributed by atoms with Crippen molar-refractivity contribution in [2.24, 2.45) is 0 Å². The summed E-state index contributed by atoms with van der Waals surface area (Å²) in [5.74, 6) is 1.97. The average molecular weight is 258 g/mol. The second-order valence-electron chi connectivity index (χ2n) is 3.74. The molecular weight excluding hydrogens is 242 g/mol. The van der Waals surface area contributed by atoms with Crippen molar-refractivity contribution in [3.05, 3.63) is 12.4 Å². The Bertz CT molecular complexity index is 364. The zero-order valence-corrected chi connectivity index (χ0v) is 10.6. The molecule has 17 heavy (non-hydrogen) atoms. The molecule has 1 fully saturated rings.